The Hall–Kier alpha value is -0.730. The quantitative estimate of drug-likeness (QED) is 0.788. The lowest BCUT2D eigenvalue weighted by Crippen LogP contribution is -1.97. The van der Waals surface area contributed by atoms with E-state index < -0.39 is 0 Å². The maximum atomic E-state index is 9.32. The zero-order valence-corrected chi connectivity index (χ0v) is 8.60. The van der Waals surface area contributed by atoms with Crippen LogP contribution >= 0.6 is 12.4 Å². The normalized spacial score (nSPS) is 9.38. The van der Waals surface area contributed by atoms with Gasteiger partial charge in [0, 0.05) is 12.1 Å². The fourth-order valence-electron chi connectivity index (χ4n) is 1.25. The summed E-state index contributed by atoms with van der Waals surface area (Å²) >= 11 is 0. The molecule has 0 amide bonds. The smallest absolute Gasteiger partial charge is 0.120 e. The first-order valence-electron chi connectivity index (χ1n) is 4.28. The number of phenols is 1. The molecule has 0 aliphatic rings. The average molecular weight is 202 g/mol. The third kappa shape index (κ3) is 3.25. The highest BCUT2D eigenvalue weighted by Crippen LogP contribution is 2.18. The summed E-state index contributed by atoms with van der Waals surface area (Å²) in [6, 6.07) is 5.63. The molecule has 3 N–H and O–H groups in total. The van der Waals surface area contributed by atoms with Crippen molar-refractivity contribution >= 4 is 12.4 Å². The number of aromatic hydroxyl groups is 1. The first-order valence-corrected chi connectivity index (χ1v) is 4.28. The van der Waals surface area contributed by atoms with E-state index in [1.165, 1.54) is 5.56 Å². The number of rotatable bonds is 3. The Morgan fingerprint density at radius 2 is 2.08 bits per heavy atom. The van der Waals surface area contributed by atoms with Crippen molar-refractivity contribution in [2.75, 3.05) is 0 Å². The zero-order valence-electron chi connectivity index (χ0n) is 7.79. The van der Waals surface area contributed by atoms with E-state index >= 15 is 0 Å². The van der Waals surface area contributed by atoms with Crippen LogP contribution in [0.2, 0.25) is 0 Å². The molecular weight excluding hydrogens is 186 g/mol. The van der Waals surface area contributed by atoms with E-state index in [4.69, 9.17) is 5.73 Å². The van der Waals surface area contributed by atoms with Crippen molar-refractivity contribution in [1.29, 1.82) is 0 Å². The Morgan fingerprint density at radius 1 is 1.38 bits per heavy atom. The SMILES string of the molecule is CCCc1ccc(O)c(CN)c1.Cl. The summed E-state index contributed by atoms with van der Waals surface area (Å²) in [7, 11) is 0. The highest BCUT2D eigenvalue weighted by Gasteiger charge is 1.99. The molecule has 2 nitrogen and oxygen atoms in total. The lowest BCUT2D eigenvalue weighted by atomic mass is 10.1. The summed E-state index contributed by atoms with van der Waals surface area (Å²) in [6.45, 7) is 2.54. The Labute approximate surface area is 85.2 Å². The second kappa shape index (κ2) is 5.84. The maximum Gasteiger partial charge on any atom is 0.120 e. The minimum atomic E-state index is 0. The highest BCUT2D eigenvalue weighted by molar-refractivity contribution is 5.85. The Morgan fingerprint density at radius 3 is 2.62 bits per heavy atom. The first kappa shape index (κ1) is 12.3. The van der Waals surface area contributed by atoms with Crippen LogP contribution in [0, 0.1) is 0 Å². The lowest BCUT2D eigenvalue weighted by Gasteiger charge is -2.04. The number of phenolic OH excluding ortho intramolecular Hbond substituents is 1. The van der Waals surface area contributed by atoms with Gasteiger partial charge in [-0.1, -0.05) is 25.5 Å². The molecule has 13 heavy (non-hydrogen) atoms. The number of halogens is 1. The van der Waals surface area contributed by atoms with Crippen molar-refractivity contribution in [3.8, 4) is 5.75 Å². The molecule has 0 spiro atoms. The van der Waals surface area contributed by atoms with E-state index in [0.29, 0.717) is 12.3 Å². The van der Waals surface area contributed by atoms with Gasteiger partial charge >= 0.3 is 0 Å². The van der Waals surface area contributed by atoms with Crippen LogP contribution in [-0.4, -0.2) is 5.11 Å². The molecule has 0 saturated heterocycles. The molecule has 0 bridgehead atoms. The van der Waals surface area contributed by atoms with Crippen molar-refractivity contribution in [2.45, 2.75) is 26.3 Å². The van der Waals surface area contributed by atoms with Gasteiger partial charge in [0.1, 0.15) is 5.75 Å². The minimum absolute atomic E-state index is 0. The standard InChI is InChI=1S/C10H15NO.ClH/c1-2-3-8-4-5-10(12)9(6-8)7-11;/h4-6,12H,2-3,7,11H2,1H3;1H. The fraction of sp³-hybridized carbons (Fsp3) is 0.400. The molecule has 0 radical (unpaired) electrons. The van der Waals surface area contributed by atoms with Gasteiger partial charge in [0.15, 0.2) is 0 Å². The van der Waals surface area contributed by atoms with Gasteiger partial charge in [0.05, 0.1) is 0 Å². The number of aryl methyl sites for hydroxylation is 1. The molecule has 0 saturated carbocycles. The third-order valence-corrected chi connectivity index (χ3v) is 1.90. The topological polar surface area (TPSA) is 46.2 Å². The summed E-state index contributed by atoms with van der Waals surface area (Å²) in [5, 5.41) is 9.32. The van der Waals surface area contributed by atoms with E-state index in [9.17, 15) is 5.11 Å². The van der Waals surface area contributed by atoms with Crippen molar-refractivity contribution in [3.63, 3.8) is 0 Å². The highest BCUT2D eigenvalue weighted by atomic mass is 35.5. The van der Waals surface area contributed by atoms with E-state index in [1.54, 1.807) is 6.07 Å². The fourth-order valence-corrected chi connectivity index (χ4v) is 1.25. The second-order valence-corrected chi connectivity index (χ2v) is 2.92. The molecular formula is C10H16ClNO. The summed E-state index contributed by atoms with van der Waals surface area (Å²) in [5.41, 5.74) is 7.54. The number of nitrogens with two attached hydrogens (primary N) is 1. The van der Waals surface area contributed by atoms with Crippen LogP contribution < -0.4 is 5.73 Å². The molecule has 1 rings (SSSR count). The molecule has 74 valence electrons. The molecule has 3 heteroatoms. The van der Waals surface area contributed by atoms with Gasteiger partial charge in [-0.25, -0.2) is 0 Å². The van der Waals surface area contributed by atoms with Gasteiger partial charge in [-0.2, -0.15) is 0 Å². The predicted octanol–water partition coefficient (Wildman–Crippen LogP) is 2.23. The van der Waals surface area contributed by atoms with E-state index in [2.05, 4.69) is 6.92 Å². The van der Waals surface area contributed by atoms with Crippen LogP contribution in [0.5, 0.6) is 5.75 Å². The van der Waals surface area contributed by atoms with Gasteiger partial charge in [0.2, 0.25) is 0 Å². The minimum Gasteiger partial charge on any atom is -0.508 e. The van der Waals surface area contributed by atoms with Gasteiger partial charge in [-0.05, 0) is 18.1 Å². The lowest BCUT2D eigenvalue weighted by molar-refractivity contribution is 0.468. The van der Waals surface area contributed by atoms with Crippen molar-refractivity contribution < 1.29 is 5.11 Å². The van der Waals surface area contributed by atoms with E-state index in [-0.39, 0.29) is 12.4 Å². The number of hydrogen-bond acceptors (Lipinski definition) is 2. The summed E-state index contributed by atoms with van der Waals surface area (Å²) in [4.78, 5) is 0. The predicted molar refractivity (Wildman–Crippen MR) is 57.2 cm³/mol. The summed E-state index contributed by atoms with van der Waals surface area (Å²) in [5.74, 6) is 0.303. The Bertz CT molecular complexity index is 263. The van der Waals surface area contributed by atoms with Crippen LogP contribution in [0.1, 0.15) is 24.5 Å². The van der Waals surface area contributed by atoms with Crippen molar-refractivity contribution in [1.82, 2.24) is 0 Å². The second-order valence-electron chi connectivity index (χ2n) is 2.92. The zero-order chi connectivity index (χ0) is 8.97. The molecule has 1 aromatic rings. The number of hydrogen-bond donors (Lipinski definition) is 2. The Balaban J connectivity index is 0.00000144. The van der Waals surface area contributed by atoms with Crippen LogP contribution in [0.3, 0.4) is 0 Å². The maximum absolute atomic E-state index is 9.32. The van der Waals surface area contributed by atoms with E-state index in [0.717, 1.165) is 18.4 Å². The Kier molecular flexibility index (Phi) is 5.51. The van der Waals surface area contributed by atoms with Gasteiger partial charge in [-0.3, -0.25) is 0 Å². The number of benzene rings is 1. The molecule has 0 aliphatic carbocycles. The van der Waals surface area contributed by atoms with Crippen LogP contribution in [0.4, 0.5) is 0 Å². The molecule has 0 heterocycles. The van der Waals surface area contributed by atoms with Gasteiger partial charge < -0.3 is 10.8 Å². The third-order valence-electron chi connectivity index (χ3n) is 1.90. The average Bonchev–Trinajstić information content (AvgIpc) is 2.09. The summed E-state index contributed by atoms with van der Waals surface area (Å²) < 4.78 is 0. The van der Waals surface area contributed by atoms with Crippen LogP contribution in [0.15, 0.2) is 18.2 Å². The molecule has 0 unspecified atom stereocenters. The molecule has 0 aromatic heterocycles. The monoisotopic (exact) mass is 201 g/mol. The largest absolute Gasteiger partial charge is 0.508 e. The van der Waals surface area contributed by atoms with Crippen molar-refractivity contribution in [2.24, 2.45) is 5.73 Å². The van der Waals surface area contributed by atoms with Gasteiger partial charge in [-0.15, -0.1) is 12.4 Å². The molecule has 0 fully saturated rings. The van der Waals surface area contributed by atoms with Crippen LogP contribution in [0.25, 0.3) is 0 Å². The van der Waals surface area contributed by atoms with Crippen molar-refractivity contribution in [3.05, 3.63) is 29.3 Å². The first-order chi connectivity index (χ1) is 5.77. The molecule has 0 atom stereocenters. The van der Waals surface area contributed by atoms with E-state index in [1.807, 2.05) is 12.1 Å². The summed E-state index contributed by atoms with van der Waals surface area (Å²) in [6.07, 6.45) is 2.17. The van der Waals surface area contributed by atoms with Crippen LogP contribution in [-0.2, 0) is 13.0 Å². The van der Waals surface area contributed by atoms with Gasteiger partial charge in [0.25, 0.3) is 0 Å². The molecule has 0 aliphatic heterocycles. The molecule has 1 aromatic carbocycles.